The van der Waals surface area contributed by atoms with E-state index in [4.69, 9.17) is 5.73 Å². The zero-order valence-corrected chi connectivity index (χ0v) is 15.0. The molecule has 0 spiro atoms. The average molecular weight is 360 g/mol. The summed E-state index contributed by atoms with van der Waals surface area (Å²) in [5, 5.41) is 3.17. The van der Waals surface area contributed by atoms with Gasteiger partial charge in [-0.05, 0) is 49.3 Å². The van der Waals surface area contributed by atoms with E-state index in [0.29, 0.717) is 12.5 Å². The minimum Gasteiger partial charge on any atom is -0.399 e. The Balaban J connectivity index is 0.00000132. The average Bonchev–Trinajstić information content (AvgIpc) is 3.28. The van der Waals surface area contributed by atoms with Crippen molar-refractivity contribution < 1.29 is 4.79 Å². The highest BCUT2D eigenvalue weighted by Gasteiger charge is 2.27. The molecule has 1 aliphatic heterocycles. The van der Waals surface area contributed by atoms with Crippen LogP contribution in [0.2, 0.25) is 0 Å². The van der Waals surface area contributed by atoms with Crippen LogP contribution in [0.1, 0.15) is 31.2 Å². The normalized spacial score (nSPS) is 18.6. The highest BCUT2D eigenvalue weighted by molar-refractivity contribution is 5.85. The Morgan fingerprint density at radius 2 is 1.70 bits per heavy atom. The van der Waals surface area contributed by atoms with Gasteiger partial charge in [-0.15, -0.1) is 24.8 Å². The zero-order valence-electron chi connectivity index (χ0n) is 13.4. The van der Waals surface area contributed by atoms with Gasteiger partial charge >= 0.3 is 0 Å². The van der Waals surface area contributed by atoms with E-state index in [1.165, 1.54) is 19.4 Å². The Morgan fingerprint density at radius 3 is 2.26 bits per heavy atom. The molecule has 1 aromatic rings. The minimum atomic E-state index is 0. The molecule has 1 heterocycles. The highest BCUT2D eigenvalue weighted by atomic mass is 35.5. The molecule has 2 aliphatic rings. The molecule has 1 saturated heterocycles. The molecule has 130 valence electrons. The number of nitrogen functional groups attached to an aromatic ring is 1. The Bertz CT molecular complexity index is 483. The highest BCUT2D eigenvalue weighted by Crippen LogP contribution is 2.30. The molecule has 6 heteroatoms. The Kier molecular flexibility index (Phi) is 8.17. The first-order chi connectivity index (χ1) is 10.2. The first kappa shape index (κ1) is 20.1. The number of carbonyl (C=O) groups is 1. The van der Waals surface area contributed by atoms with E-state index in [9.17, 15) is 4.79 Å². The zero-order chi connectivity index (χ0) is 14.7. The van der Waals surface area contributed by atoms with Crippen molar-refractivity contribution in [1.82, 2.24) is 10.2 Å². The molecule has 4 nitrogen and oxygen atoms in total. The standard InChI is InChI=1S/C17H25N3O.2ClH/c18-15-5-3-13(4-6-15)11-17(21)19-16-7-9-20(10-8-16)12-14-1-2-14;;/h3-6,14,16H,1-2,7-12,18H2,(H,19,21);2*1H. The van der Waals surface area contributed by atoms with Crippen molar-refractivity contribution in [3.05, 3.63) is 29.8 Å². The van der Waals surface area contributed by atoms with E-state index in [0.717, 1.165) is 43.1 Å². The van der Waals surface area contributed by atoms with Gasteiger partial charge in [-0.2, -0.15) is 0 Å². The Labute approximate surface area is 151 Å². The van der Waals surface area contributed by atoms with Gasteiger partial charge in [0.25, 0.3) is 0 Å². The summed E-state index contributed by atoms with van der Waals surface area (Å²) in [7, 11) is 0. The lowest BCUT2D eigenvalue weighted by Crippen LogP contribution is -2.45. The molecule has 23 heavy (non-hydrogen) atoms. The van der Waals surface area contributed by atoms with E-state index in [1.54, 1.807) is 0 Å². The van der Waals surface area contributed by atoms with Gasteiger partial charge < -0.3 is 16.0 Å². The molecule has 0 radical (unpaired) electrons. The van der Waals surface area contributed by atoms with Crippen LogP contribution in [0.5, 0.6) is 0 Å². The third-order valence-corrected chi connectivity index (χ3v) is 4.51. The number of nitrogens with two attached hydrogens (primary N) is 1. The summed E-state index contributed by atoms with van der Waals surface area (Å²) in [6.07, 6.45) is 5.44. The van der Waals surface area contributed by atoms with Crippen LogP contribution in [0.15, 0.2) is 24.3 Å². The molecule has 1 saturated carbocycles. The van der Waals surface area contributed by atoms with E-state index < -0.39 is 0 Å². The molecule has 1 amide bonds. The van der Waals surface area contributed by atoms with Gasteiger partial charge in [-0.1, -0.05) is 12.1 Å². The van der Waals surface area contributed by atoms with Gasteiger partial charge in [0.15, 0.2) is 0 Å². The summed E-state index contributed by atoms with van der Waals surface area (Å²) in [5.74, 6) is 1.09. The van der Waals surface area contributed by atoms with Crippen molar-refractivity contribution in [3.63, 3.8) is 0 Å². The van der Waals surface area contributed by atoms with Crippen LogP contribution < -0.4 is 11.1 Å². The summed E-state index contributed by atoms with van der Waals surface area (Å²) in [5.41, 5.74) is 7.41. The Hall–Kier alpha value is -0.970. The van der Waals surface area contributed by atoms with Gasteiger partial charge in [0.2, 0.25) is 5.91 Å². The van der Waals surface area contributed by atoms with Crippen molar-refractivity contribution in [2.24, 2.45) is 5.92 Å². The number of nitrogens with zero attached hydrogens (tertiary/aromatic N) is 1. The van der Waals surface area contributed by atoms with Gasteiger partial charge in [0, 0.05) is 31.4 Å². The quantitative estimate of drug-likeness (QED) is 0.794. The number of benzene rings is 1. The number of anilines is 1. The minimum absolute atomic E-state index is 0. The second-order valence-electron chi connectivity index (χ2n) is 6.50. The number of nitrogens with one attached hydrogen (secondary N) is 1. The fraction of sp³-hybridized carbons (Fsp3) is 0.588. The molecule has 1 aromatic carbocycles. The van der Waals surface area contributed by atoms with E-state index in [-0.39, 0.29) is 30.7 Å². The van der Waals surface area contributed by atoms with Crippen LogP contribution in [0.25, 0.3) is 0 Å². The molecule has 2 fully saturated rings. The number of hydrogen-bond donors (Lipinski definition) is 2. The lowest BCUT2D eigenvalue weighted by molar-refractivity contribution is -0.121. The summed E-state index contributed by atoms with van der Waals surface area (Å²) >= 11 is 0. The molecule has 0 bridgehead atoms. The third-order valence-electron chi connectivity index (χ3n) is 4.51. The smallest absolute Gasteiger partial charge is 0.224 e. The lowest BCUT2D eigenvalue weighted by atomic mass is 10.0. The van der Waals surface area contributed by atoms with Crippen molar-refractivity contribution in [1.29, 1.82) is 0 Å². The summed E-state index contributed by atoms with van der Waals surface area (Å²) in [6, 6.07) is 7.89. The van der Waals surface area contributed by atoms with E-state index in [2.05, 4.69) is 10.2 Å². The molecule has 3 N–H and O–H groups in total. The van der Waals surface area contributed by atoms with Crippen LogP contribution >= 0.6 is 24.8 Å². The van der Waals surface area contributed by atoms with Gasteiger partial charge in [-0.25, -0.2) is 0 Å². The number of carbonyl (C=O) groups excluding carboxylic acids is 1. The fourth-order valence-corrected chi connectivity index (χ4v) is 3.03. The monoisotopic (exact) mass is 359 g/mol. The summed E-state index contributed by atoms with van der Waals surface area (Å²) in [6.45, 7) is 3.53. The van der Waals surface area contributed by atoms with Crippen LogP contribution in [0.4, 0.5) is 5.69 Å². The first-order valence-corrected chi connectivity index (χ1v) is 8.05. The molecule has 3 rings (SSSR count). The van der Waals surface area contributed by atoms with Gasteiger partial charge in [-0.3, -0.25) is 4.79 Å². The van der Waals surface area contributed by atoms with E-state index >= 15 is 0 Å². The number of likely N-dealkylation sites (tertiary alicyclic amines) is 1. The summed E-state index contributed by atoms with van der Waals surface area (Å²) < 4.78 is 0. The number of piperidine rings is 1. The van der Waals surface area contributed by atoms with Crippen LogP contribution in [0, 0.1) is 5.92 Å². The maximum Gasteiger partial charge on any atom is 0.224 e. The second kappa shape index (κ2) is 9.36. The number of amides is 1. The van der Waals surface area contributed by atoms with Crippen LogP contribution in [-0.4, -0.2) is 36.5 Å². The first-order valence-electron chi connectivity index (χ1n) is 8.05. The number of rotatable bonds is 5. The van der Waals surface area contributed by atoms with Crippen LogP contribution in [0.3, 0.4) is 0 Å². The predicted octanol–water partition coefficient (Wildman–Crippen LogP) is 2.65. The maximum absolute atomic E-state index is 12.1. The van der Waals surface area contributed by atoms with Crippen molar-refractivity contribution in [3.8, 4) is 0 Å². The topological polar surface area (TPSA) is 58.4 Å². The maximum atomic E-state index is 12.1. The second-order valence-corrected chi connectivity index (χ2v) is 6.50. The molecule has 0 unspecified atom stereocenters. The molecular weight excluding hydrogens is 333 g/mol. The largest absolute Gasteiger partial charge is 0.399 e. The number of halogens is 2. The van der Waals surface area contributed by atoms with Gasteiger partial charge in [0.05, 0.1) is 6.42 Å². The van der Waals surface area contributed by atoms with Crippen molar-refractivity contribution >= 4 is 36.4 Å². The van der Waals surface area contributed by atoms with E-state index in [1.807, 2.05) is 24.3 Å². The lowest BCUT2D eigenvalue weighted by Gasteiger charge is -2.32. The van der Waals surface area contributed by atoms with Crippen LogP contribution in [-0.2, 0) is 11.2 Å². The summed E-state index contributed by atoms with van der Waals surface area (Å²) in [4.78, 5) is 14.6. The Morgan fingerprint density at radius 1 is 1.09 bits per heavy atom. The fourth-order valence-electron chi connectivity index (χ4n) is 3.03. The predicted molar refractivity (Wildman–Crippen MR) is 99.4 cm³/mol. The molecule has 1 aliphatic carbocycles. The third kappa shape index (κ3) is 6.58. The SMILES string of the molecule is Cl.Cl.Nc1ccc(CC(=O)NC2CCN(CC3CC3)CC2)cc1. The molecule has 0 aromatic heterocycles. The van der Waals surface area contributed by atoms with Crippen molar-refractivity contribution in [2.45, 2.75) is 38.1 Å². The van der Waals surface area contributed by atoms with Crippen molar-refractivity contribution in [2.75, 3.05) is 25.4 Å². The van der Waals surface area contributed by atoms with Gasteiger partial charge in [0.1, 0.15) is 0 Å². The molecule has 0 atom stereocenters. The molecular formula is C17H27Cl2N3O. The number of hydrogen-bond acceptors (Lipinski definition) is 3.